The molecular weight excluding hydrogens is 350 g/mol. The Hall–Kier alpha value is -2.49. The van der Waals surface area contributed by atoms with Gasteiger partial charge in [-0.05, 0) is 55.4 Å². The standard InChI is InChI=1S/C24H31NO3/c1-17-8-10-18(11-9-17)16-25-24(26)21-7-5-4-6-20(21)14-19-12-13-22(27-2)23(15-19)28-3/h8-13,15,20-21H,4-7,14,16H2,1-3H3,(H,25,26). The molecule has 2 aromatic rings. The molecule has 0 aromatic heterocycles. The minimum Gasteiger partial charge on any atom is -0.493 e. The molecule has 0 aliphatic heterocycles. The Bertz CT molecular complexity index is 785. The average Bonchev–Trinajstić information content (AvgIpc) is 2.73. The molecule has 2 aromatic carbocycles. The summed E-state index contributed by atoms with van der Waals surface area (Å²) in [6.07, 6.45) is 5.28. The summed E-state index contributed by atoms with van der Waals surface area (Å²) >= 11 is 0. The van der Waals surface area contributed by atoms with Crippen LogP contribution in [0.5, 0.6) is 11.5 Å². The molecule has 2 unspecified atom stereocenters. The summed E-state index contributed by atoms with van der Waals surface area (Å²) in [5.74, 6) is 2.11. The third-order valence-electron chi connectivity index (χ3n) is 5.78. The van der Waals surface area contributed by atoms with Crippen molar-refractivity contribution >= 4 is 5.91 Å². The van der Waals surface area contributed by atoms with Gasteiger partial charge in [0.15, 0.2) is 11.5 Å². The molecule has 3 rings (SSSR count). The highest BCUT2D eigenvalue weighted by molar-refractivity contribution is 5.79. The molecular formula is C24H31NO3. The maximum Gasteiger partial charge on any atom is 0.223 e. The first-order valence-corrected chi connectivity index (χ1v) is 10.1. The summed E-state index contributed by atoms with van der Waals surface area (Å²) in [7, 11) is 3.30. The molecule has 0 spiro atoms. The lowest BCUT2D eigenvalue weighted by Crippen LogP contribution is -2.37. The molecule has 1 amide bonds. The SMILES string of the molecule is COc1ccc(CC2CCCCC2C(=O)NCc2ccc(C)cc2)cc1OC. The van der Waals surface area contributed by atoms with Gasteiger partial charge < -0.3 is 14.8 Å². The molecule has 0 radical (unpaired) electrons. The first-order chi connectivity index (χ1) is 13.6. The number of hydrogen-bond acceptors (Lipinski definition) is 3. The molecule has 1 saturated carbocycles. The van der Waals surface area contributed by atoms with E-state index < -0.39 is 0 Å². The van der Waals surface area contributed by atoms with E-state index in [0.29, 0.717) is 12.5 Å². The van der Waals surface area contributed by atoms with Gasteiger partial charge in [0.25, 0.3) is 0 Å². The number of carbonyl (C=O) groups excluding carboxylic acids is 1. The van der Waals surface area contributed by atoms with Gasteiger partial charge in [-0.25, -0.2) is 0 Å². The Morgan fingerprint density at radius 3 is 2.36 bits per heavy atom. The molecule has 0 heterocycles. The summed E-state index contributed by atoms with van der Waals surface area (Å²) in [4.78, 5) is 12.9. The first kappa shape index (κ1) is 20.2. The number of carbonyl (C=O) groups is 1. The molecule has 1 aliphatic carbocycles. The molecule has 28 heavy (non-hydrogen) atoms. The van der Waals surface area contributed by atoms with Gasteiger partial charge in [0.2, 0.25) is 5.91 Å². The van der Waals surface area contributed by atoms with E-state index in [2.05, 4.69) is 42.6 Å². The first-order valence-electron chi connectivity index (χ1n) is 10.1. The topological polar surface area (TPSA) is 47.6 Å². The van der Waals surface area contributed by atoms with Crippen molar-refractivity contribution in [1.82, 2.24) is 5.32 Å². The van der Waals surface area contributed by atoms with Crippen LogP contribution in [0, 0.1) is 18.8 Å². The van der Waals surface area contributed by atoms with Crippen molar-refractivity contribution in [2.24, 2.45) is 11.8 Å². The lowest BCUT2D eigenvalue weighted by molar-refractivity contribution is -0.127. The van der Waals surface area contributed by atoms with Gasteiger partial charge in [-0.1, -0.05) is 48.7 Å². The Morgan fingerprint density at radius 2 is 1.64 bits per heavy atom. The highest BCUT2D eigenvalue weighted by Gasteiger charge is 2.31. The summed E-state index contributed by atoms with van der Waals surface area (Å²) in [5, 5.41) is 3.16. The fourth-order valence-corrected chi connectivity index (χ4v) is 4.13. The Kier molecular flexibility index (Phi) is 6.96. The number of amides is 1. The fraction of sp³-hybridized carbons (Fsp3) is 0.458. The Labute approximate surface area is 168 Å². The number of rotatable bonds is 7. The largest absolute Gasteiger partial charge is 0.493 e. The van der Waals surface area contributed by atoms with Gasteiger partial charge in [0, 0.05) is 12.5 Å². The third-order valence-corrected chi connectivity index (χ3v) is 5.78. The van der Waals surface area contributed by atoms with E-state index in [0.717, 1.165) is 42.7 Å². The van der Waals surface area contributed by atoms with E-state index in [1.54, 1.807) is 14.2 Å². The van der Waals surface area contributed by atoms with Crippen LogP contribution in [0.1, 0.15) is 42.4 Å². The lowest BCUT2D eigenvalue weighted by atomic mass is 9.75. The summed E-state index contributed by atoms with van der Waals surface area (Å²) in [5.41, 5.74) is 3.57. The zero-order chi connectivity index (χ0) is 19.9. The van der Waals surface area contributed by atoms with Crippen molar-refractivity contribution in [3.63, 3.8) is 0 Å². The second kappa shape index (κ2) is 9.63. The summed E-state index contributed by atoms with van der Waals surface area (Å²) in [6.45, 7) is 2.67. The van der Waals surface area contributed by atoms with Crippen LogP contribution in [0.25, 0.3) is 0 Å². The zero-order valence-electron chi connectivity index (χ0n) is 17.2. The molecule has 0 bridgehead atoms. The highest BCUT2D eigenvalue weighted by atomic mass is 16.5. The van der Waals surface area contributed by atoms with Crippen molar-refractivity contribution in [1.29, 1.82) is 0 Å². The summed E-state index contributed by atoms with van der Waals surface area (Å²) < 4.78 is 10.8. The number of benzene rings is 2. The van der Waals surface area contributed by atoms with Crippen molar-refractivity contribution in [2.75, 3.05) is 14.2 Å². The van der Waals surface area contributed by atoms with E-state index in [1.165, 1.54) is 17.5 Å². The molecule has 1 N–H and O–H groups in total. The average molecular weight is 382 g/mol. The number of aryl methyl sites for hydroxylation is 1. The number of hydrogen-bond donors (Lipinski definition) is 1. The van der Waals surface area contributed by atoms with E-state index in [4.69, 9.17) is 9.47 Å². The quantitative estimate of drug-likeness (QED) is 0.758. The van der Waals surface area contributed by atoms with Crippen LogP contribution in [-0.2, 0) is 17.8 Å². The molecule has 4 heteroatoms. The highest BCUT2D eigenvalue weighted by Crippen LogP contribution is 2.35. The lowest BCUT2D eigenvalue weighted by Gasteiger charge is -2.31. The molecule has 1 aliphatic rings. The van der Waals surface area contributed by atoms with Gasteiger partial charge in [0.1, 0.15) is 0 Å². The molecule has 150 valence electrons. The number of nitrogens with one attached hydrogen (secondary N) is 1. The summed E-state index contributed by atoms with van der Waals surface area (Å²) in [6, 6.07) is 14.4. The smallest absolute Gasteiger partial charge is 0.223 e. The van der Waals surface area contributed by atoms with E-state index in [-0.39, 0.29) is 11.8 Å². The van der Waals surface area contributed by atoms with Gasteiger partial charge in [-0.15, -0.1) is 0 Å². The van der Waals surface area contributed by atoms with Crippen molar-refractivity contribution in [2.45, 2.75) is 45.6 Å². The second-order valence-corrected chi connectivity index (χ2v) is 7.75. The van der Waals surface area contributed by atoms with Crippen LogP contribution in [0.15, 0.2) is 42.5 Å². The van der Waals surface area contributed by atoms with Gasteiger partial charge in [0.05, 0.1) is 14.2 Å². The van der Waals surface area contributed by atoms with Crippen molar-refractivity contribution in [3.8, 4) is 11.5 Å². The number of methoxy groups -OCH3 is 2. The van der Waals surface area contributed by atoms with Gasteiger partial charge in [-0.3, -0.25) is 4.79 Å². The molecule has 2 atom stereocenters. The molecule has 0 saturated heterocycles. The second-order valence-electron chi connectivity index (χ2n) is 7.75. The Balaban J connectivity index is 1.64. The van der Waals surface area contributed by atoms with E-state index in [9.17, 15) is 4.79 Å². The van der Waals surface area contributed by atoms with Crippen LogP contribution in [0.3, 0.4) is 0 Å². The fourth-order valence-electron chi connectivity index (χ4n) is 4.13. The monoisotopic (exact) mass is 381 g/mol. The predicted molar refractivity (Wildman–Crippen MR) is 112 cm³/mol. The van der Waals surface area contributed by atoms with E-state index >= 15 is 0 Å². The van der Waals surface area contributed by atoms with Crippen LogP contribution in [0.4, 0.5) is 0 Å². The zero-order valence-corrected chi connectivity index (χ0v) is 17.2. The van der Waals surface area contributed by atoms with Crippen LogP contribution >= 0.6 is 0 Å². The predicted octanol–water partition coefficient (Wildman–Crippen LogP) is 4.68. The van der Waals surface area contributed by atoms with Crippen molar-refractivity contribution in [3.05, 3.63) is 59.2 Å². The van der Waals surface area contributed by atoms with Crippen LogP contribution in [0.2, 0.25) is 0 Å². The Morgan fingerprint density at radius 1 is 0.964 bits per heavy atom. The normalized spacial score (nSPS) is 19.1. The number of ether oxygens (including phenoxy) is 2. The van der Waals surface area contributed by atoms with Crippen LogP contribution < -0.4 is 14.8 Å². The molecule has 1 fully saturated rings. The van der Waals surface area contributed by atoms with Crippen LogP contribution in [-0.4, -0.2) is 20.1 Å². The van der Waals surface area contributed by atoms with Crippen molar-refractivity contribution < 1.29 is 14.3 Å². The minimum atomic E-state index is 0.0762. The third kappa shape index (κ3) is 5.06. The maximum atomic E-state index is 12.9. The molecule has 4 nitrogen and oxygen atoms in total. The van der Waals surface area contributed by atoms with Gasteiger partial charge >= 0.3 is 0 Å². The van der Waals surface area contributed by atoms with E-state index in [1.807, 2.05) is 12.1 Å². The maximum absolute atomic E-state index is 12.9. The minimum absolute atomic E-state index is 0.0762. The van der Waals surface area contributed by atoms with Gasteiger partial charge in [-0.2, -0.15) is 0 Å².